The van der Waals surface area contributed by atoms with Crippen LogP contribution in [0.4, 0.5) is 10.1 Å². The van der Waals surface area contributed by atoms with Gasteiger partial charge in [0.25, 0.3) is 5.91 Å². The zero-order valence-corrected chi connectivity index (χ0v) is 17.1. The second-order valence-electron chi connectivity index (χ2n) is 7.84. The van der Waals surface area contributed by atoms with E-state index in [2.05, 4.69) is 0 Å². The van der Waals surface area contributed by atoms with Crippen molar-refractivity contribution in [1.82, 2.24) is 0 Å². The molecule has 0 saturated carbocycles. The maximum Gasteiger partial charge on any atom is 0.268 e. The Hall–Kier alpha value is -3.96. The Bertz CT molecular complexity index is 1300. The highest BCUT2D eigenvalue weighted by Gasteiger charge is 2.52. The number of hydrogen-bond acceptors (Lipinski definition) is 3. The fourth-order valence-corrected chi connectivity index (χ4v) is 4.27. The molecule has 4 nitrogen and oxygen atoms in total. The van der Waals surface area contributed by atoms with Crippen LogP contribution >= 0.6 is 0 Å². The van der Waals surface area contributed by atoms with Gasteiger partial charge in [-0.05, 0) is 41.0 Å². The molecule has 1 amide bonds. The predicted molar refractivity (Wildman–Crippen MR) is 121 cm³/mol. The normalized spacial score (nSPS) is 17.4. The maximum atomic E-state index is 13.9. The molecule has 0 aromatic heterocycles. The number of para-hydroxylation sites is 1. The van der Waals surface area contributed by atoms with E-state index in [0.717, 1.165) is 34.9 Å². The third-order valence-electron chi connectivity index (χ3n) is 5.89. The monoisotopic (exact) mass is 425 g/mol. The molecule has 1 unspecified atom stereocenters. The zero-order valence-electron chi connectivity index (χ0n) is 17.1. The SMILES string of the molecule is O=C1N(Cc2ccc(-c3ccccc3)cc2)c2ccccc2C1(O)c1cc(F)ccc1O. The lowest BCUT2D eigenvalue weighted by molar-refractivity contribution is -0.132. The van der Waals surface area contributed by atoms with Crippen molar-refractivity contribution in [2.45, 2.75) is 12.1 Å². The zero-order chi connectivity index (χ0) is 22.3. The number of rotatable bonds is 4. The molecule has 2 N–H and O–H groups in total. The van der Waals surface area contributed by atoms with Crippen molar-refractivity contribution < 1.29 is 19.4 Å². The van der Waals surface area contributed by atoms with Crippen LogP contribution in [0.5, 0.6) is 5.75 Å². The van der Waals surface area contributed by atoms with Crippen molar-refractivity contribution in [3.8, 4) is 16.9 Å². The second kappa shape index (κ2) is 7.62. The average Bonchev–Trinajstić information content (AvgIpc) is 3.04. The van der Waals surface area contributed by atoms with Crippen LogP contribution in [0.25, 0.3) is 11.1 Å². The van der Waals surface area contributed by atoms with Crippen molar-refractivity contribution in [2.24, 2.45) is 0 Å². The minimum absolute atomic E-state index is 0.170. The molecule has 4 aromatic carbocycles. The highest BCUT2D eigenvalue weighted by molar-refractivity contribution is 6.09. The highest BCUT2D eigenvalue weighted by atomic mass is 19.1. The first-order valence-corrected chi connectivity index (χ1v) is 10.3. The van der Waals surface area contributed by atoms with E-state index < -0.39 is 17.3 Å². The minimum Gasteiger partial charge on any atom is -0.508 e. The van der Waals surface area contributed by atoms with Gasteiger partial charge in [0.15, 0.2) is 0 Å². The second-order valence-corrected chi connectivity index (χ2v) is 7.84. The lowest BCUT2D eigenvalue weighted by Crippen LogP contribution is -2.41. The standard InChI is InChI=1S/C27H20FNO3/c28-21-14-15-25(30)23(16-21)27(32)22-8-4-5-9-24(22)29(26(27)31)17-18-10-12-20(13-11-18)19-6-2-1-3-7-19/h1-16,30,32H,17H2. The van der Waals surface area contributed by atoms with Crippen molar-refractivity contribution >= 4 is 11.6 Å². The molecule has 0 fully saturated rings. The van der Waals surface area contributed by atoms with Crippen LogP contribution in [0.2, 0.25) is 0 Å². The summed E-state index contributed by atoms with van der Waals surface area (Å²) in [6.45, 7) is 0.225. The number of carbonyl (C=O) groups excluding carboxylic acids is 1. The van der Waals surface area contributed by atoms with Crippen molar-refractivity contribution in [1.29, 1.82) is 0 Å². The average molecular weight is 425 g/mol. The van der Waals surface area contributed by atoms with Crippen LogP contribution in [0.3, 0.4) is 0 Å². The number of phenolic OH excluding ortho intramolecular Hbond substituents is 1. The van der Waals surface area contributed by atoms with Crippen molar-refractivity contribution in [2.75, 3.05) is 4.90 Å². The molecule has 158 valence electrons. The van der Waals surface area contributed by atoms with E-state index in [9.17, 15) is 19.4 Å². The molecular weight excluding hydrogens is 405 g/mol. The Balaban J connectivity index is 1.52. The number of hydrogen-bond donors (Lipinski definition) is 2. The molecule has 32 heavy (non-hydrogen) atoms. The summed E-state index contributed by atoms with van der Waals surface area (Å²) in [5, 5.41) is 21.8. The first kappa shape index (κ1) is 20.0. The van der Waals surface area contributed by atoms with Gasteiger partial charge < -0.3 is 15.1 Å². The molecule has 1 heterocycles. The Labute approximate surface area is 184 Å². The summed E-state index contributed by atoms with van der Waals surface area (Å²) in [6, 6.07) is 27.9. The maximum absolute atomic E-state index is 13.9. The van der Waals surface area contributed by atoms with Gasteiger partial charge in [-0.1, -0.05) is 72.8 Å². The molecule has 0 bridgehead atoms. The topological polar surface area (TPSA) is 60.8 Å². The molecule has 5 rings (SSSR count). The number of carbonyl (C=O) groups is 1. The predicted octanol–water partition coefficient (Wildman–Crippen LogP) is 4.98. The summed E-state index contributed by atoms with van der Waals surface area (Å²) in [7, 11) is 0. The molecular formula is C27H20FNO3. The summed E-state index contributed by atoms with van der Waals surface area (Å²) in [6.07, 6.45) is 0. The summed E-state index contributed by atoms with van der Waals surface area (Å²) < 4.78 is 13.9. The molecule has 1 atom stereocenters. The number of halogens is 1. The quantitative estimate of drug-likeness (QED) is 0.485. The molecule has 0 aliphatic carbocycles. The Morgan fingerprint density at radius 2 is 1.44 bits per heavy atom. The molecule has 0 spiro atoms. The van der Waals surface area contributed by atoms with E-state index >= 15 is 0 Å². The van der Waals surface area contributed by atoms with Gasteiger partial charge in [0, 0.05) is 11.1 Å². The molecule has 1 aliphatic heterocycles. The van der Waals surface area contributed by atoms with Crippen LogP contribution in [0.15, 0.2) is 97.1 Å². The fraction of sp³-hybridized carbons (Fsp3) is 0.0741. The van der Waals surface area contributed by atoms with Gasteiger partial charge in [0.05, 0.1) is 12.2 Å². The summed E-state index contributed by atoms with van der Waals surface area (Å²) in [4.78, 5) is 15.0. The van der Waals surface area contributed by atoms with Crippen LogP contribution < -0.4 is 4.90 Å². The number of nitrogens with zero attached hydrogens (tertiary/aromatic N) is 1. The van der Waals surface area contributed by atoms with Crippen LogP contribution in [0.1, 0.15) is 16.7 Å². The molecule has 0 saturated heterocycles. The summed E-state index contributed by atoms with van der Waals surface area (Å²) >= 11 is 0. The van der Waals surface area contributed by atoms with Gasteiger partial charge in [-0.25, -0.2) is 4.39 Å². The van der Waals surface area contributed by atoms with Gasteiger partial charge in [0.1, 0.15) is 11.6 Å². The smallest absolute Gasteiger partial charge is 0.268 e. The third-order valence-corrected chi connectivity index (χ3v) is 5.89. The Morgan fingerprint density at radius 1 is 0.781 bits per heavy atom. The minimum atomic E-state index is -2.17. The highest BCUT2D eigenvalue weighted by Crippen LogP contribution is 2.47. The van der Waals surface area contributed by atoms with Gasteiger partial charge in [-0.15, -0.1) is 0 Å². The van der Waals surface area contributed by atoms with Gasteiger partial charge in [-0.3, -0.25) is 4.79 Å². The van der Waals surface area contributed by atoms with Gasteiger partial charge >= 0.3 is 0 Å². The molecule has 1 aliphatic rings. The van der Waals surface area contributed by atoms with Gasteiger partial charge in [0.2, 0.25) is 5.60 Å². The molecule has 0 radical (unpaired) electrons. The summed E-state index contributed by atoms with van der Waals surface area (Å²) in [5.74, 6) is -1.62. The first-order chi connectivity index (χ1) is 15.5. The van der Waals surface area contributed by atoms with Crippen LogP contribution in [-0.4, -0.2) is 16.1 Å². The summed E-state index contributed by atoms with van der Waals surface area (Å²) in [5.41, 5.74) is 1.52. The number of aliphatic hydroxyl groups is 1. The Morgan fingerprint density at radius 3 is 2.19 bits per heavy atom. The lowest BCUT2D eigenvalue weighted by Gasteiger charge is -2.24. The van der Waals surface area contributed by atoms with Crippen LogP contribution in [-0.2, 0) is 16.9 Å². The Kier molecular flexibility index (Phi) is 4.76. The van der Waals surface area contributed by atoms with E-state index in [4.69, 9.17) is 0 Å². The molecule has 4 aromatic rings. The number of aromatic hydroxyl groups is 1. The van der Waals surface area contributed by atoms with E-state index in [1.807, 2.05) is 54.6 Å². The number of anilines is 1. The van der Waals surface area contributed by atoms with E-state index in [1.165, 1.54) is 4.90 Å². The number of benzene rings is 4. The van der Waals surface area contributed by atoms with Gasteiger partial charge in [-0.2, -0.15) is 0 Å². The number of amides is 1. The fourth-order valence-electron chi connectivity index (χ4n) is 4.27. The first-order valence-electron chi connectivity index (χ1n) is 10.3. The molecule has 5 heteroatoms. The number of fused-ring (bicyclic) bond motifs is 1. The largest absolute Gasteiger partial charge is 0.508 e. The van der Waals surface area contributed by atoms with Crippen LogP contribution in [0, 0.1) is 5.82 Å². The van der Waals surface area contributed by atoms with E-state index in [1.54, 1.807) is 24.3 Å². The van der Waals surface area contributed by atoms with Crippen molar-refractivity contribution in [3.63, 3.8) is 0 Å². The van der Waals surface area contributed by atoms with E-state index in [0.29, 0.717) is 11.3 Å². The number of phenols is 1. The third kappa shape index (κ3) is 3.15. The van der Waals surface area contributed by atoms with E-state index in [-0.39, 0.29) is 17.9 Å². The lowest BCUT2D eigenvalue weighted by atomic mass is 9.87. The van der Waals surface area contributed by atoms with Crippen molar-refractivity contribution in [3.05, 3.63) is 120 Å².